The Hall–Kier alpha value is -3.31. The summed E-state index contributed by atoms with van der Waals surface area (Å²) in [5.41, 5.74) is 7.44. The fraction of sp³-hybridized carbons (Fsp3) is 0.536. The highest BCUT2D eigenvalue weighted by Crippen LogP contribution is 2.52. The molecule has 2 N–H and O–H groups in total. The molecule has 0 bridgehead atoms. The lowest BCUT2D eigenvalue weighted by Gasteiger charge is -2.34. The van der Waals surface area contributed by atoms with Crippen molar-refractivity contribution in [3.63, 3.8) is 0 Å². The van der Waals surface area contributed by atoms with Crippen LogP contribution in [0.2, 0.25) is 0 Å². The van der Waals surface area contributed by atoms with Gasteiger partial charge in [0.25, 0.3) is 0 Å². The van der Waals surface area contributed by atoms with Crippen molar-refractivity contribution < 1.29 is 28.4 Å². The molecule has 0 amide bonds. The molecule has 0 aromatic heterocycles. The van der Waals surface area contributed by atoms with E-state index in [0.29, 0.717) is 52.9 Å². The van der Waals surface area contributed by atoms with Gasteiger partial charge in [0.05, 0.1) is 54.1 Å². The number of methoxy groups -OCH3 is 6. The van der Waals surface area contributed by atoms with Crippen molar-refractivity contribution in [3.05, 3.63) is 35.4 Å². The summed E-state index contributed by atoms with van der Waals surface area (Å²) in [7, 11) is 9.44. The maximum absolute atomic E-state index is 10.5. The number of ether oxygens (including phenoxy) is 6. The SMILES string of the molecule is COc1ccc(CC(N)CCCC(C#N)(c2cc(OC)c(OC)c(OC)c2OC)C(C)C)cc1OC. The standard InChI is InChI=1S/C28H40N2O6/c1-18(2)28(17-29,21-16-24(33-5)26(35-7)27(36-8)25(21)34-6)13-9-10-20(30)14-19-11-12-22(31-3)23(15-19)32-4/h11-12,15-16,18,20H,9-10,13-14,30H2,1-8H3. The van der Waals surface area contributed by atoms with Gasteiger partial charge in [0.2, 0.25) is 11.5 Å². The highest BCUT2D eigenvalue weighted by Gasteiger charge is 2.41. The number of hydrogen-bond acceptors (Lipinski definition) is 8. The fourth-order valence-corrected chi connectivity index (χ4v) is 4.70. The molecular weight excluding hydrogens is 460 g/mol. The summed E-state index contributed by atoms with van der Waals surface area (Å²) in [6, 6.07) is 10.2. The average molecular weight is 501 g/mol. The molecule has 2 rings (SSSR count). The van der Waals surface area contributed by atoms with Crippen LogP contribution in [-0.4, -0.2) is 48.7 Å². The predicted molar refractivity (Wildman–Crippen MR) is 140 cm³/mol. The molecule has 0 aliphatic carbocycles. The maximum atomic E-state index is 10.5. The zero-order valence-corrected chi connectivity index (χ0v) is 22.8. The molecule has 0 spiro atoms. The summed E-state index contributed by atoms with van der Waals surface area (Å²) < 4.78 is 33.2. The molecule has 0 radical (unpaired) electrons. The van der Waals surface area contributed by atoms with Gasteiger partial charge in [-0.15, -0.1) is 0 Å². The first-order valence-electron chi connectivity index (χ1n) is 12.0. The highest BCUT2D eigenvalue weighted by molar-refractivity contribution is 5.65. The number of rotatable bonds is 14. The fourth-order valence-electron chi connectivity index (χ4n) is 4.70. The third kappa shape index (κ3) is 5.90. The van der Waals surface area contributed by atoms with Gasteiger partial charge in [-0.1, -0.05) is 19.9 Å². The largest absolute Gasteiger partial charge is 0.493 e. The van der Waals surface area contributed by atoms with E-state index in [-0.39, 0.29) is 12.0 Å². The molecule has 0 saturated heterocycles. The predicted octanol–water partition coefficient (Wildman–Crippen LogP) is 4.90. The molecule has 2 unspecified atom stereocenters. The Morgan fingerprint density at radius 1 is 0.806 bits per heavy atom. The van der Waals surface area contributed by atoms with Crippen molar-refractivity contribution in [3.8, 4) is 40.6 Å². The van der Waals surface area contributed by atoms with Crippen LogP contribution in [0.5, 0.6) is 34.5 Å². The first-order valence-corrected chi connectivity index (χ1v) is 12.0. The second kappa shape index (κ2) is 13.1. The van der Waals surface area contributed by atoms with Crippen LogP contribution in [0.3, 0.4) is 0 Å². The minimum Gasteiger partial charge on any atom is -0.493 e. The number of benzene rings is 2. The van der Waals surface area contributed by atoms with Crippen molar-refractivity contribution in [2.75, 3.05) is 42.7 Å². The van der Waals surface area contributed by atoms with Crippen LogP contribution in [0.1, 0.15) is 44.2 Å². The van der Waals surface area contributed by atoms with E-state index in [4.69, 9.17) is 34.2 Å². The van der Waals surface area contributed by atoms with Crippen molar-refractivity contribution in [1.29, 1.82) is 5.26 Å². The van der Waals surface area contributed by atoms with E-state index >= 15 is 0 Å². The Kier molecular flexibility index (Phi) is 10.5. The molecule has 8 nitrogen and oxygen atoms in total. The van der Waals surface area contributed by atoms with Crippen LogP contribution in [0.25, 0.3) is 0 Å². The van der Waals surface area contributed by atoms with E-state index < -0.39 is 5.41 Å². The molecule has 2 atom stereocenters. The van der Waals surface area contributed by atoms with E-state index in [1.807, 2.05) is 38.1 Å². The number of nitriles is 1. The number of nitrogens with two attached hydrogens (primary N) is 1. The first kappa shape index (κ1) is 28.9. The van der Waals surface area contributed by atoms with Gasteiger partial charge < -0.3 is 34.2 Å². The van der Waals surface area contributed by atoms with Crippen LogP contribution in [-0.2, 0) is 11.8 Å². The van der Waals surface area contributed by atoms with Crippen molar-refractivity contribution >= 4 is 0 Å². The van der Waals surface area contributed by atoms with Gasteiger partial charge in [0, 0.05) is 11.6 Å². The molecular formula is C28H40N2O6. The molecule has 0 fully saturated rings. The zero-order valence-electron chi connectivity index (χ0n) is 22.8. The normalized spacial score (nSPS) is 13.4. The smallest absolute Gasteiger partial charge is 0.207 e. The lowest BCUT2D eigenvalue weighted by atomic mass is 9.69. The van der Waals surface area contributed by atoms with Gasteiger partial charge in [-0.25, -0.2) is 0 Å². The summed E-state index contributed by atoms with van der Waals surface area (Å²) in [6.45, 7) is 4.07. The number of hydrogen-bond donors (Lipinski definition) is 1. The molecule has 2 aromatic carbocycles. The van der Waals surface area contributed by atoms with E-state index in [1.165, 1.54) is 0 Å². The second-order valence-electron chi connectivity index (χ2n) is 9.01. The Balaban J connectivity index is 2.32. The summed E-state index contributed by atoms with van der Waals surface area (Å²) in [5.74, 6) is 3.13. The van der Waals surface area contributed by atoms with Gasteiger partial charge in [-0.05, 0) is 55.4 Å². The quantitative estimate of drug-likeness (QED) is 0.391. The van der Waals surface area contributed by atoms with Gasteiger partial charge in [-0.2, -0.15) is 5.26 Å². The van der Waals surface area contributed by atoms with Crippen LogP contribution >= 0.6 is 0 Å². The van der Waals surface area contributed by atoms with Crippen LogP contribution in [0, 0.1) is 17.2 Å². The summed E-state index contributed by atoms with van der Waals surface area (Å²) in [4.78, 5) is 0. The van der Waals surface area contributed by atoms with E-state index in [9.17, 15) is 5.26 Å². The first-order chi connectivity index (χ1) is 17.3. The van der Waals surface area contributed by atoms with Gasteiger partial charge in [0.1, 0.15) is 0 Å². The van der Waals surface area contributed by atoms with E-state index in [1.54, 1.807) is 42.7 Å². The second-order valence-corrected chi connectivity index (χ2v) is 9.01. The molecule has 0 heterocycles. The molecule has 0 aliphatic rings. The Morgan fingerprint density at radius 3 is 1.92 bits per heavy atom. The van der Waals surface area contributed by atoms with Crippen molar-refractivity contribution in [2.24, 2.45) is 11.7 Å². The molecule has 36 heavy (non-hydrogen) atoms. The Labute approximate surface area is 215 Å². The third-order valence-corrected chi connectivity index (χ3v) is 6.75. The zero-order chi connectivity index (χ0) is 26.9. The lowest BCUT2D eigenvalue weighted by molar-refractivity contribution is 0.288. The van der Waals surface area contributed by atoms with Crippen LogP contribution < -0.4 is 34.2 Å². The van der Waals surface area contributed by atoms with Gasteiger partial charge in [0.15, 0.2) is 23.0 Å². The third-order valence-electron chi connectivity index (χ3n) is 6.75. The summed E-state index contributed by atoms with van der Waals surface area (Å²) >= 11 is 0. The summed E-state index contributed by atoms with van der Waals surface area (Å²) in [6.07, 6.45) is 2.78. The molecule has 8 heteroatoms. The van der Waals surface area contributed by atoms with E-state index in [2.05, 4.69) is 6.07 Å². The van der Waals surface area contributed by atoms with Crippen molar-refractivity contribution in [1.82, 2.24) is 0 Å². The average Bonchev–Trinajstić information content (AvgIpc) is 2.89. The van der Waals surface area contributed by atoms with E-state index in [0.717, 1.165) is 18.4 Å². The monoisotopic (exact) mass is 500 g/mol. The highest BCUT2D eigenvalue weighted by atomic mass is 16.5. The van der Waals surface area contributed by atoms with Gasteiger partial charge >= 0.3 is 0 Å². The van der Waals surface area contributed by atoms with Crippen LogP contribution in [0.4, 0.5) is 0 Å². The van der Waals surface area contributed by atoms with Crippen LogP contribution in [0.15, 0.2) is 24.3 Å². The molecule has 2 aromatic rings. The molecule has 198 valence electrons. The Bertz CT molecular complexity index is 1050. The lowest BCUT2D eigenvalue weighted by Crippen LogP contribution is -2.32. The van der Waals surface area contributed by atoms with Gasteiger partial charge in [-0.3, -0.25) is 0 Å². The maximum Gasteiger partial charge on any atom is 0.207 e. The summed E-state index contributed by atoms with van der Waals surface area (Å²) in [5, 5.41) is 10.5. The van der Waals surface area contributed by atoms with Crippen molar-refractivity contribution in [2.45, 2.75) is 51.0 Å². The molecule has 0 aliphatic heterocycles. The minimum absolute atomic E-state index is 0.0127. The topological polar surface area (TPSA) is 105 Å². The minimum atomic E-state index is -0.846. The molecule has 0 saturated carbocycles. The number of nitrogens with zero attached hydrogens (tertiary/aromatic N) is 1. The Morgan fingerprint density at radius 2 is 1.42 bits per heavy atom.